The van der Waals surface area contributed by atoms with E-state index in [2.05, 4.69) is 80.0 Å². The third-order valence-corrected chi connectivity index (χ3v) is 8.91. The Morgan fingerprint density at radius 2 is 1.30 bits per heavy atom. The molecule has 1 N–H and O–H groups in total. The average molecular weight is 887 g/mol. The molecular formula is C40H55Br2N4NaO7. The Labute approximate surface area is 360 Å². The Kier molecular flexibility index (Phi) is 21.1. The summed E-state index contributed by atoms with van der Waals surface area (Å²) in [6, 6.07) is 4.26. The number of aliphatic hydroxyl groups excluding tert-OH is 1. The largest absolute Gasteiger partial charge is 1.00 e. The predicted octanol–water partition coefficient (Wildman–Crippen LogP) is 4.72. The van der Waals surface area contributed by atoms with Gasteiger partial charge in [0.1, 0.15) is 17.0 Å². The number of ether oxygens (including phenoxy) is 2. The molecule has 54 heavy (non-hydrogen) atoms. The molecule has 0 spiro atoms. The monoisotopic (exact) mass is 884 g/mol. The van der Waals surface area contributed by atoms with E-state index in [-0.39, 0.29) is 47.5 Å². The number of amides is 2. The van der Waals surface area contributed by atoms with Crippen molar-refractivity contribution < 1.29 is 63.6 Å². The number of piperidine rings is 1. The minimum atomic E-state index is -0.460. The van der Waals surface area contributed by atoms with Crippen molar-refractivity contribution in [3.63, 3.8) is 0 Å². The summed E-state index contributed by atoms with van der Waals surface area (Å²) in [4.78, 5) is 46.8. The summed E-state index contributed by atoms with van der Waals surface area (Å²) < 4.78 is 12.7. The maximum atomic E-state index is 12.2. The summed E-state index contributed by atoms with van der Waals surface area (Å²) >= 11 is 6.91. The number of hydrogen-bond donors (Lipinski definition) is 1. The van der Waals surface area contributed by atoms with Crippen LogP contribution in [0.3, 0.4) is 0 Å². The minimum absolute atomic E-state index is 0. The van der Waals surface area contributed by atoms with Crippen molar-refractivity contribution in [1.82, 2.24) is 19.8 Å². The average Bonchev–Trinajstić information content (AvgIpc) is 3.62. The van der Waals surface area contributed by atoms with E-state index in [9.17, 15) is 14.4 Å². The van der Waals surface area contributed by atoms with Crippen LogP contribution in [0.2, 0.25) is 0 Å². The van der Waals surface area contributed by atoms with Gasteiger partial charge < -0.3 is 29.5 Å². The topological polar surface area (TPSA) is 145 Å². The van der Waals surface area contributed by atoms with Crippen molar-refractivity contribution >= 4 is 61.5 Å². The summed E-state index contributed by atoms with van der Waals surface area (Å²) in [6.45, 7) is 17.8. The van der Waals surface area contributed by atoms with Crippen molar-refractivity contribution in [2.24, 2.45) is 0 Å². The van der Waals surface area contributed by atoms with Crippen LogP contribution < -0.4 is 34.7 Å². The van der Waals surface area contributed by atoms with E-state index >= 15 is 0 Å². The second-order valence-corrected chi connectivity index (χ2v) is 16.6. The van der Waals surface area contributed by atoms with Gasteiger partial charge in [0.15, 0.2) is 0 Å². The van der Waals surface area contributed by atoms with Crippen molar-refractivity contribution in [1.29, 1.82) is 0 Å². The van der Waals surface area contributed by atoms with Crippen LogP contribution in [0.1, 0.15) is 97.2 Å². The summed E-state index contributed by atoms with van der Waals surface area (Å²) in [7, 11) is 1.75. The van der Waals surface area contributed by atoms with Gasteiger partial charge in [-0.1, -0.05) is 23.3 Å². The molecule has 0 saturated carbocycles. The van der Waals surface area contributed by atoms with Gasteiger partial charge >= 0.3 is 41.7 Å². The Hall–Kier alpha value is -2.39. The second kappa shape index (κ2) is 23.0. The fraction of sp³-hybridized carbons (Fsp3) is 0.525. The zero-order chi connectivity index (χ0) is 40.1. The first kappa shape index (κ1) is 49.6. The predicted molar refractivity (Wildman–Crippen MR) is 214 cm³/mol. The maximum absolute atomic E-state index is 12.2. The SMILES string of the molecule is CC(C)(C)OC(=O)N1CCC(=O)CC1.CC1=C(C2=CCN(C(=O)OC(C)(C)C)CC2)c2cc(Br)cnc2C1.CC1=Cc2cc(Br)cnc2C1.CO.C[O-].[Na+]. The van der Waals surface area contributed by atoms with E-state index in [0.717, 1.165) is 48.1 Å². The molecule has 2 aliphatic heterocycles. The van der Waals surface area contributed by atoms with Gasteiger partial charge in [-0.2, -0.15) is 7.11 Å². The number of nitrogens with zero attached hydrogens (tertiary/aromatic N) is 4. The van der Waals surface area contributed by atoms with Gasteiger partial charge in [0.25, 0.3) is 0 Å². The number of rotatable bonds is 1. The van der Waals surface area contributed by atoms with Crippen LogP contribution in [0, 0.1) is 0 Å². The first-order valence-corrected chi connectivity index (χ1v) is 19.2. The smallest absolute Gasteiger partial charge is 0.857 e. The number of aliphatic hydroxyl groups is 1. The zero-order valence-electron chi connectivity index (χ0n) is 33.8. The van der Waals surface area contributed by atoms with E-state index < -0.39 is 11.2 Å². The number of allylic oxidation sites excluding steroid dienone is 3. The van der Waals surface area contributed by atoms with Crippen LogP contribution in [-0.2, 0) is 27.1 Å². The number of carbonyl (C=O) groups is 3. The Bertz CT molecular complexity index is 1690. The number of likely N-dealkylation sites (tertiary alicyclic amines) is 1. The second-order valence-electron chi connectivity index (χ2n) is 14.7. The van der Waals surface area contributed by atoms with Crippen LogP contribution in [0.4, 0.5) is 9.59 Å². The van der Waals surface area contributed by atoms with E-state index in [1.165, 1.54) is 39.1 Å². The molecule has 2 aromatic heterocycles. The number of aromatic nitrogens is 2. The molecule has 4 aliphatic rings. The molecule has 14 heteroatoms. The molecule has 2 aliphatic carbocycles. The van der Waals surface area contributed by atoms with Crippen LogP contribution >= 0.6 is 31.9 Å². The molecule has 1 fully saturated rings. The number of halogens is 2. The molecule has 2 amide bonds. The molecule has 0 aromatic carbocycles. The molecule has 1 saturated heterocycles. The number of hydrogen-bond acceptors (Lipinski definition) is 9. The molecule has 6 rings (SSSR count). The van der Waals surface area contributed by atoms with Crippen molar-refractivity contribution in [3.8, 4) is 0 Å². The normalized spacial score (nSPS) is 15.8. The van der Waals surface area contributed by atoms with Crippen LogP contribution in [0.15, 0.2) is 56.3 Å². The van der Waals surface area contributed by atoms with E-state index in [1.54, 1.807) is 9.80 Å². The van der Waals surface area contributed by atoms with E-state index in [4.69, 9.17) is 19.7 Å². The summed E-state index contributed by atoms with van der Waals surface area (Å²) in [5.74, 6) is 0.227. The summed E-state index contributed by atoms with van der Waals surface area (Å²) in [6.07, 6.45) is 11.2. The van der Waals surface area contributed by atoms with Gasteiger partial charge in [0, 0.05) is 85.9 Å². The number of Topliss-reactive ketones (excluding diaryl/α,β-unsaturated/α-hetero) is 1. The van der Waals surface area contributed by atoms with Gasteiger partial charge in [-0.15, -0.1) is 0 Å². The number of fused-ring (bicyclic) bond motifs is 2. The summed E-state index contributed by atoms with van der Waals surface area (Å²) in [5, 5.41) is 15.2. The maximum Gasteiger partial charge on any atom is 1.00 e. The first-order chi connectivity index (χ1) is 24.9. The standard InChI is InChI=1S/C19H23BrN2O2.C10H17NO3.C9H8BrN.CH4O.CH3O.Na/c1-12-9-16-15(10-14(20)11-21-16)17(12)13-5-7-22(8-6-13)18(23)24-19(2,3)4;1-10(2,3)14-9(13)11-6-4-8(12)5-7-11;1-6-2-7-4-8(10)5-11-9(7)3-6;2*1-2;/h5,10-11H,6-9H2,1-4H3;4-7H2,1-3H3;2,4-5H,3H2,1H3;2H,1H3;1H3;/q;;;;-1;+1. The number of pyridine rings is 2. The molecule has 11 nitrogen and oxygen atoms in total. The fourth-order valence-electron chi connectivity index (χ4n) is 5.83. The molecule has 2 aromatic rings. The minimum Gasteiger partial charge on any atom is -0.857 e. The Morgan fingerprint density at radius 1 is 0.796 bits per heavy atom. The quantitative estimate of drug-likeness (QED) is 0.403. The van der Waals surface area contributed by atoms with Crippen LogP contribution in [-0.4, -0.2) is 94.4 Å². The van der Waals surface area contributed by atoms with Gasteiger partial charge in [-0.25, -0.2) is 9.59 Å². The first-order valence-electron chi connectivity index (χ1n) is 17.6. The Morgan fingerprint density at radius 3 is 1.81 bits per heavy atom. The van der Waals surface area contributed by atoms with Crippen molar-refractivity contribution in [3.05, 3.63) is 78.8 Å². The number of carbonyl (C=O) groups excluding carboxylic acids is 3. The fourth-order valence-corrected chi connectivity index (χ4v) is 6.51. The van der Waals surface area contributed by atoms with E-state index in [0.29, 0.717) is 39.0 Å². The van der Waals surface area contributed by atoms with Crippen molar-refractivity contribution in [2.45, 2.75) is 98.7 Å². The van der Waals surface area contributed by atoms with Gasteiger partial charge in [-0.05, 0) is 123 Å². The molecule has 0 bridgehead atoms. The molecule has 4 heterocycles. The molecule has 292 valence electrons. The van der Waals surface area contributed by atoms with Crippen molar-refractivity contribution in [2.75, 3.05) is 40.4 Å². The zero-order valence-corrected chi connectivity index (χ0v) is 38.9. The molecule has 0 unspecified atom stereocenters. The van der Waals surface area contributed by atoms with Gasteiger partial charge in [0.2, 0.25) is 0 Å². The molecular weight excluding hydrogens is 831 g/mol. The van der Waals surface area contributed by atoms with Gasteiger partial charge in [-0.3, -0.25) is 14.8 Å². The molecule has 0 radical (unpaired) electrons. The Balaban J connectivity index is 0.000000414. The van der Waals surface area contributed by atoms with Crippen LogP contribution in [0.5, 0.6) is 0 Å². The van der Waals surface area contributed by atoms with Gasteiger partial charge in [0.05, 0.1) is 11.4 Å². The third kappa shape index (κ3) is 16.0. The third-order valence-electron chi connectivity index (χ3n) is 8.04. The van der Waals surface area contributed by atoms with Crippen LogP contribution in [0.25, 0.3) is 11.6 Å². The van der Waals surface area contributed by atoms with E-state index in [1.807, 2.05) is 53.9 Å². The molecule has 0 atom stereocenters. The summed E-state index contributed by atoms with van der Waals surface area (Å²) in [5.41, 5.74) is 9.27. The number of ketones is 1.